The highest BCUT2D eigenvalue weighted by Gasteiger charge is 2.35. The van der Waals surface area contributed by atoms with Gasteiger partial charge in [-0.1, -0.05) is 6.92 Å². The number of aryl methyl sites for hydroxylation is 1. The molecule has 90 valence electrons. The van der Waals surface area contributed by atoms with Crippen molar-refractivity contribution >= 4 is 5.78 Å². The molecule has 0 saturated carbocycles. The first-order valence-electron chi connectivity index (χ1n) is 4.96. The fourth-order valence-corrected chi connectivity index (χ4v) is 1.54. The van der Waals surface area contributed by atoms with Crippen LogP contribution in [0.15, 0.2) is 12.1 Å². The molecule has 0 fully saturated rings. The standard InChI is InChI=1S/C12H10F3NO/c1-3-8-4-9(7(2)17)5-11(10(8)6-16)12(13,14)15/h4-5H,3H2,1-2H3. The number of hydrogen-bond acceptors (Lipinski definition) is 2. The number of alkyl halides is 3. The lowest BCUT2D eigenvalue weighted by molar-refractivity contribution is -0.137. The summed E-state index contributed by atoms with van der Waals surface area (Å²) in [6, 6.07) is 3.64. The first kappa shape index (κ1) is 13.2. The molecular formula is C12H10F3NO. The van der Waals surface area contributed by atoms with Gasteiger partial charge in [0.1, 0.15) is 6.07 Å². The van der Waals surface area contributed by atoms with Crippen LogP contribution in [0.2, 0.25) is 0 Å². The molecule has 1 aromatic carbocycles. The van der Waals surface area contributed by atoms with Gasteiger partial charge in [-0.25, -0.2) is 0 Å². The van der Waals surface area contributed by atoms with E-state index in [2.05, 4.69) is 0 Å². The molecule has 5 heteroatoms. The summed E-state index contributed by atoms with van der Waals surface area (Å²) in [5.74, 6) is -0.449. The van der Waals surface area contributed by atoms with Crippen LogP contribution in [0.3, 0.4) is 0 Å². The van der Waals surface area contributed by atoms with Crippen molar-refractivity contribution in [2.24, 2.45) is 0 Å². The number of halogens is 3. The monoisotopic (exact) mass is 241 g/mol. The van der Waals surface area contributed by atoms with E-state index in [-0.39, 0.29) is 17.5 Å². The lowest BCUT2D eigenvalue weighted by Crippen LogP contribution is -2.12. The van der Waals surface area contributed by atoms with E-state index < -0.39 is 23.1 Å². The third-order valence-electron chi connectivity index (χ3n) is 2.42. The molecule has 2 nitrogen and oxygen atoms in total. The average molecular weight is 241 g/mol. The third kappa shape index (κ3) is 2.64. The Bertz CT molecular complexity index is 498. The van der Waals surface area contributed by atoms with Crippen molar-refractivity contribution in [3.63, 3.8) is 0 Å². The van der Waals surface area contributed by atoms with Gasteiger partial charge in [0.15, 0.2) is 5.78 Å². The molecule has 0 saturated heterocycles. The highest BCUT2D eigenvalue weighted by atomic mass is 19.4. The van der Waals surface area contributed by atoms with Gasteiger partial charge >= 0.3 is 6.18 Å². The van der Waals surface area contributed by atoms with Crippen molar-refractivity contribution in [3.05, 3.63) is 34.4 Å². The maximum atomic E-state index is 12.7. The van der Waals surface area contributed by atoms with Crippen LogP contribution in [-0.4, -0.2) is 5.78 Å². The van der Waals surface area contributed by atoms with Crippen LogP contribution < -0.4 is 0 Å². The highest BCUT2D eigenvalue weighted by Crippen LogP contribution is 2.34. The summed E-state index contributed by atoms with van der Waals surface area (Å²) in [5, 5.41) is 8.79. The lowest BCUT2D eigenvalue weighted by Gasteiger charge is -2.13. The average Bonchev–Trinajstić information content (AvgIpc) is 2.25. The van der Waals surface area contributed by atoms with Crippen LogP contribution in [-0.2, 0) is 12.6 Å². The summed E-state index contributed by atoms with van der Waals surface area (Å²) in [4.78, 5) is 11.1. The molecule has 1 rings (SSSR count). The van der Waals surface area contributed by atoms with Crippen molar-refractivity contribution in [1.82, 2.24) is 0 Å². The molecule has 0 N–H and O–H groups in total. The number of Topliss-reactive ketones (excluding diaryl/α,β-unsaturated/α-hetero) is 1. The Morgan fingerprint density at radius 3 is 2.35 bits per heavy atom. The van der Waals surface area contributed by atoms with Crippen LogP contribution in [0.1, 0.15) is 40.9 Å². The molecule has 0 aliphatic rings. The van der Waals surface area contributed by atoms with Gasteiger partial charge < -0.3 is 0 Å². The van der Waals surface area contributed by atoms with Crippen LogP contribution in [0.5, 0.6) is 0 Å². The number of hydrogen-bond donors (Lipinski definition) is 0. The molecule has 0 amide bonds. The maximum absolute atomic E-state index is 12.7. The Hall–Kier alpha value is -1.83. The van der Waals surface area contributed by atoms with Gasteiger partial charge in [0, 0.05) is 5.56 Å². The first-order valence-corrected chi connectivity index (χ1v) is 4.96. The molecule has 0 bridgehead atoms. The van der Waals surface area contributed by atoms with Crippen LogP contribution in [0.4, 0.5) is 13.2 Å². The van der Waals surface area contributed by atoms with Crippen LogP contribution in [0, 0.1) is 11.3 Å². The van der Waals surface area contributed by atoms with Crippen molar-refractivity contribution in [1.29, 1.82) is 5.26 Å². The minimum Gasteiger partial charge on any atom is -0.295 e. The topological polar surface area (TPSA) is 40.9 Å². The molecule has 0 aliphatic heterocycles. The number of carbonyl (C=O) groups is 1. The second kappa shape index (κ2) is 4.58. The highest BCUT2D eigenvalue weighted by molar-refractivity contribution is 5.94. The van der Waals surface area contributed by atoms with Crippen molar-refractivity contribution in [2.45, 2.75) is 26.4 Å². The Balaban J connectivity index is 3.61. The Kier molecular flexibility index (Phi) is 3.56. The molecule has 0 spiro atoms. The zero-order valence-electron chi connectivity index (χ0n) is 9.35. The molecular weight excluding hydrogens is 231 g/mol. The summed E-state index contributed by atoms with van der Waals surface area (Å²) in [7, 11) is 0. The van der Waals surface area contributed by atoms with Crippen LogP contribution in [0.25, 0.3) is 0 Å². The number of nitrogens with zero attached hydrogens (tertiary/aromatic N) is 1. The first-order chi connectivity index (χ1) is 7.81. The number of benzene rings is 1. The van der Waals surface area contributed by atoms with Crippen LogP contribution >= 0.6 is 0 Å². The molecule has 0 aromatic heterocycles. The minimum atomic E-state index is -4.62. The quantitative estimate of drug-likeness (QED) is 0.745. The largest absolute Gasteiger partial charge is 0.417 e. The summed E-state index contributed by atoms with van der Waals surface area (Å²) >= 11 is 0. The summed E-state index contributed by atoms with van der Waals surface area (Å²) in [6.45, 7) is 2.83. The molecule has 0 aliphatic carbocycles. The van der Waals surface area contributed by atoms with Gasteiger partial charge in [-0.05, 0) is 31.0 Å². The Morgan fingerprint density at radius 2 is 2.00 bits per heavy atom. The zero-order valence-corrected chi connectivity index (χ0v) is 9.35. The van der Waals surface area contributed by atoms with E-state index in [0.29, 0.717) is 0 Å². The van der Waals surface area contributed by atoms with E-state index in [0.717, 1.165) is 6.07 Å². The fraction of sp³-hybridized carbons (Fsp3) is 0.333. The molecule has 0 unspecified atom stereocenters. The maximum Gasteiger partial charge on any atom is 0.417 e. The van der Waals surface area contributed by atoms with E-state index in [1.165, 1.54) is 13.0 Å². The minimum absolute atomic E-state index is 0.0202. The lowest BCUT2D eigenvalue weighted by atomic mass is 9.95. The van der Waals surface area contributed by atoms with Gasteiger partial charge in [-0.3, -0.25) is 4.79 Å². The van der Waals surface area contributed by atoms with Gasteiger partial charge in [-0.15, -0.1) is 0 Å². The molecule has 1 aromatic rings. The predicted molar refractivity (Wildman–Crippen MR) is 55.5 cm³/mol. The number of ketones is 1. The smallest absolute Gasteiger partial charge is 0.295 e. The Morgan fingerprint density at radius 1 is 1.41 bits per heavy atom. The van der Waals surface area contributed by atoms with Gasteiger partial charge in [0.05, 0.1) is 11.1 Å². The molecule has 0 heterocycles. The van der Waals surface area contributed by atoms with Gasteiger partial charge in [0.2, 0.25) is 0 Å². The van der Waals surface area contributed by atoms with E-state index in [4.69, 9.17) is 5.26 Å². The molecule has 0 radical (unpaired) electrons. The van der Waals surface area contributed by atoms with Crippen molar-refractivity contribution < 1.29 is 18.0 Å². The van der Waals surface area contributed by atoms with E-state index in [1.54, 1.807) is 13.0 Å². The second-order valence-electron chi connectivity index (χ2n) is 3.58. The number of rotatable bonds is 2. The number of carbonyl (C=O) groups excluding carboxylic acids is 1. The SMILES string of the molecule is CCc1cc(C(C)=O)cc(C(F)(F)F)c1C#N. The Labute approximate surface area is 96.7 Å². The summed E-state index contributed by atoms with van der Waals surface area (Å²) in [5.41, 5.74) is -1.21. The van der Waals surface area contributed by atoms with E-state index in [1.807, 2.05) is 0 Å². The number of nitriles is 1. The van der Waals surface area contributed by atoms with E-state index in [9.17, 15) is 18.0 Å². The van der Waals surface area contributed by atoms with Gasteiger partial charge in [-0.2, -0.15) is 18.4 Å². The molecule has 0 atom stereocenters. The van der Waals surface area contributed by atoms with Crippen molar-refractivity contribution in [2.75, 3.05) is 0 Å². The summed E-state index contributed by atoms with van der Waals surface area (Å²) in [6.07, 6.45) is -4.35. The normalized spacial score (nSPS) is 11.1. The van der Waals surface area contributed by atoms with E-state index >= 15 is 0 Å². The second-order valence-corrected chi connectivity index (χ2v) is 3.58. The fourth-order valence-electron chi connectivity index (χ4n) is 1.54. The van der Waals surface area contributed by atoms with Gasteiger partial charge in [0.25, 0.3) is 0 Å². The predicted octanol–water partition coefficient (Wildman–Crippen LogP) is 3.34. The zero-order chi connectivity index (χ0) is 13.2. The van der Waals surface area contributed by atoms with Crippen molar-refractivity contribution in [3.8, 4) is 6.07 Å². The third-order valence-corrected chi connectivity index (χ3v) is 2.42. The summed E-state index contributed by atoms with van der Waals surface area (Å²) < 4.78 is 38.2. The molecule has 17 heavy (non-hydrogen) atoms.